The van der Waals surface area contributed by atoms with Crippen LogP contribution in [0.5, 0.6) is 0 Å². The molecule has 1 aromatic carbocycles. The largest absolute Gasteiger partial charge is 0.465 e. The number of aliphatic hydroxyl groups is 1. The molecule has 0 spiro atoms. The van der Waals surface area contributed by atoms with Crippen LogP contribution in [0.3, 0.4) is 0 Å². The van der Waals surface area contributed by atoms with Gasteiger partial charge in [0.2, 0.25) is 0 Å². The number of carboxylic acid groups (broad SMARTS) is 1. The summed E-state index contributed by atoms with van der Waals surface area (Å²) < 4.78 is 0. The number of thiazole rings is 1. The molecule has 0 radical (unpaired) electrons. The molecule has 0 aliphatic carbocycles. The van der Waals surface area contributed by atoms with E-state index < -0.39 is 12.2 Å². The van der Waals surface area contributed by atoms with Crippen LogP contribution in [0.15, 0.2) is 35.8 Å². The summed E-state index contributed by atoms with van der Waals surface area (Å²) in [5.74, 6) is 0. The summed E-state index contributed by atoms with van der Waals surface area (Å²) in [6, 6.07) is 6.94. The van der Waals surface area contributed by atoms with Crippen LogP contribution in [-0.4, -0.2) is 21.3 Å². The molecule has 1 aromatic heterocycles. The fraction of sp³-hybridized carbons (Fsp3) is 0.167. The van der Waals surface area contributed by atoms with Crippen LogP contribution in [0.25, 0.3) is 0 Å². The lowest BCUT2D eigenvalue weighted by Crippen LogP contribution is -2.08. The highest BCUT2D eigenvalue weighted by Crippen LogP contribution is 2.21. The predicted octanol–water partition coefficient (Wildman–Crippen LogP) is 2.51. The number of hydrogen-bond acceptors (Lipinski definition) is 4. The molecule has 0 saturated heterocycles. The standard InChI is InChI=1S/C12H12N2O3S/c15-10(11-13-4-5-18-11)7-8-2-1-3-9(6-8)14-12(16)17/h1-6,10,14-15H,7H2,(H,16,17)/t10-/m1/s1. The number of carbonyl (C=O) groups is 1. The summed E-state index contributed by atoms with van der Waals surface area (Å²) in [5.41, 5.74) is 1.34. The van der Waals surface area contributed by atoms with Crippen LogP contribution in [0.2, 0.25) is 0 Å². The van der Waals surface area contributed by atoms with E-state index in [1.54, 1.807) is 29.8 Å². The molecule has 0 aliphatic rings. The average molecular weight is 264 g/mol. The van der Waals surface area contributed by atoms with Gasteiger partial charge in [0.15, 0.2) is 0 Å². The van der Waals surface area contributed by atoms with Crippen LogP contribution < -0.4 is 5.32 Å². The molecule has 94 valence electrons. The molecule has 5 nitrogen and oxygen atoms in total. The van der Waals surface area contributed by atoms with E-state index in [0.29, 0.717) is 17.1 Å². The van der Waals surface area contributed by atoms with Gasteiger partial charge in [-0.15, -0.1) is 11.3 Å². The minimum Gasteiger partial charge on any atom is -0.465 e. The van der Waals surface area contributed by atoms with Crippen molar-refractivity contribution in [2.24, 2.45) is 0 Å². The smallest absolute Gasteiger partial charge is 0.409 e. The Morgan fingerprint density at radius 1 is 1.50 bits per heavy atom. The third-order valence-corrected chi connectivity index (χ3v) is 3.22. The van der Waals surface area contributed by atoms with Gasteiger partial charge in [-0.3, -0.25) is 5.32 Å². The molecule has 18 heavy (non-hydrogen) atoms. The highest BCUT2D eigenvalue weighted by molar-refractivity contribution is 7.09. The lowest BCUT2D eigenvalue weighted by Gasteiger charge is -2.09. The van der Waals surface area contributed by atoms with Crippen LogP contribution in [-0.2, 0) is 6.42 Å². The number of nitrogens with zero attached hydrogens (tertiary/aromatic N) is 1. The van der Waals surface area contributed by atoms with Crippen molar-refractivity contribution in [3.05, 3.63) is 46.4 Å². The number of aliphatic hydroxyl groups excluding tert-OH is 1. The number of nitrogens with one attached hydrogen (secondary N) is 1. The predicted molar refractivity (Wildman–Crippen MR) is 68.9 cm³/mol. The minimum absolute atomic E-state index is 0.405. The molecule has 1 atom stereocenters. The fourth-order valence-electron chi connectivity index (χ4n) is 1.61. The van der Waals surface area contributed by atoms with Gasteiger partial charge in [0.1, 0.15) is 11.1 Å². The number of aromatic nitrogens is 1. The van der Waals surface area contributed by atoms with Crippen molar-refractivity contribution in [1.82, 2.24) is 4.98 Å². The molecule has 0 aliphatic heterocycles. The van der Waals surface area contributed by atoms with Crippen molar-refractivity contribution in [2.75, 3.05) is 5.32 Å². The zero-order chi connectivity index (χ0) is 13.0. The SMILES string of the molecule is O=C(O)Nc1cccc(C[C@@H](O)c2nccs2)c1. The fourth-order valence-corrected chi connectivity index (χ4v) is 2.23. The van der Waals surface area contributed by atoms with E-state index in [1.807, 2.05) is 6.07 Å². The maximum atomic E-state index is 10.5. The first-order valence-corrected chi connectivity index (χ1v) is 6.19. The van der Waals surface area contributed by atoms with Gasteiger partial charge in [-0.05, 0) is 17.7 Å². The van der Waals surface area contributed by atoms with E-state index in [2.05, 4.69) is 10.3 Å². The Bertz CT molecular complexity index is 528. The number of amides is 1. The Hall–Kier alpha value is -1.92. The maximum absolute atomic E-state index is 10.5. The maximum Gasteiger partial charge on any atom is 0.409 e. The highest BCUT2D eigenvalue weighted by atomic mass is 32.1. The van der Waals surface area contributed by atoms with Crippen molar-refractivity contribution in [3.8, 4) is 0 Å². The van der Waals surface area contributed by atoms with Crippen LogP contribution >= 0.6 is 11.3 Å². The lowest BCUT2D eigenvalue weighted by atomic mass is 10.1. The first-order chi connectivity index (χ1) is 8.65. The summed E-state index contributed by atoms with van der Waals surface area (Å²) in [5, 5.41) is 23.3. The number of benzene rings is 1. The zero-order valence-electron chi connectivity index (χ0n) is 9.41. The van der Waals surface area contributed by atoms with E-state index in [-0.39, 0.29) is 0 Å². The first kappa shape index (κ1) is 12.5. The summed E-state index contributed by atoms with van der Waals surface area (Å²) in [6.07, 6.45) is 0.284. The third kappa shape index (κ3) is 3.28. The van der Waals surface area contributed by atoms with Crippen molar-refractivity contribution in [2.45, 2.75) is 12.5 Å². The van der Waals surface area contributed by atoms with Crippen LogP contribution in [0, 0.1) is 0 Å². The van der Waals surface area contributed by atoms with Gasteiger partial charge < -0.3 is 10.2 Å². The van der Waals surface area contributed by atoms with E-state index in [4.69, 9.17) is 5.11 Å². The topological polar surface area (TPSA) is 82.5 Å². The van der Waals surface area contributed by atoms with Gasteiger partial charge in [0.05, 0.1) is 0 Å². The Balaban J connectivity index is 2.07. The first-order valence-electron chi connectivity index (χ1n) is 5.31. The molecule has 0 saturated carbocycles. The molecule has 1 amide bonds. The average Bonchev–Trinajstić information content (AvgIpc) is 2.81. The van der Waals surface area contributed by atoms with Gasteiger partial charge in [-0.25, -0.2) is 9.78 Å². The molecule has 2 rings (SSSR count). The summed E-state index contributed by atoms with van der Waals surface area (Å²) in [7, 11) is 0. The molecule has 1 heterocycles. The van der Waals surface area contributed by atoms with Crippen molar-refractivity contribution >= 4 is 23.1 Å². The van der Waals surface area contributed by atoms with Gasteiger partial charge in [-0.1, -0.05) is 12.1 Å². The number of rotatable bonds is 4. The Kier molecular flexibility index (Phi) is 3.91. The molecule has 0 bridgehead atoms. The molecular formula is C12H12N2O3S. The third-order valence-electron chi connectivity index (χ3n) is 2.34. The minimum atomic E-state index is -1.10. The van der Waals surface area contributed by atoms with Crippen molar-refractivity contribution in [3.63, 3.8) is 0 Å². The second-order valence-electron chi connectivity index (χ2n) is 3.72. The Morgan fingerprint density at radius 2 is 2.33 bits per heavy atom. The summed E-state index contributed by atoms with van der Waals surface area (Å²) >= 11 is 1.39. The number of anilines is 1. The lowest BCUT2D eigenvalue weighted by molar-refractivity contribution is 0.178. The van der Waals surface area contributed by atoms with Crippen molar-refractivity contribution in [1.29, 1.82) is 0 Å². The molecule has 3 N–H and O–H groups in total. The molecule has 6 heteroatoms. The Labute approximate surface area is 108 Å². The van der Waals surface area contributed by atoms with Gasteiger partial charge in [0.25, 0.3) is 0 Å². The molecular weight excluding hydrogens is 252 g/mol. The van der Waals surface area contributed by atoms with Gasteiger partial charge in [0, 0.05) is 23.7 Å². The Morgan fingerprint density at radius 3 is 3.00 bits per heavy atom. The van der Waals surface area contributed by atoms with Crippen LogP contribution in [0.1, 0.15) is 16.7 Å². The molecule has 2 aromatic rings. The normalized spacial score (nSPS) is 12.1. The molecule has 0 fully saturated rings. The van der Waals surface area contributed by atoms with Gasteiger partial charge in [-0.2, -0.15) is 0 Å². The summed E-state index contributed by atoms with van der Waals surface area (Å²) in [6.45, 7) is 0. The van der Waals surface area contributed by atoms with Crippen LogP contribution in [0.4, 0.5) is 10.5 Å². The second-order valence-corrected chi connectivity index (χ2v) is 4.65. The van der Waals surface area contributed by atoms with E-state index in [9.17, 15) is 9.90 Å². The quantitative estimate of drug-likeness (QED) is 0.792. The van der Waals surface area contributed by atoms with E-state index >= 15 is 0 Å². The summed E-state index contributed by atoms with van der Waals surface area (Å²) in [4.78, 5) is 14.6. The second kappa shape index (κ2) is 5.61. The van der Waals surface area contributed by atoms with E-state index in [1.165, 1.54) is 11.3 Å². The zero-order valence-corrected chi connectivity index (χ0v) is 10.2. The number of hydrogen-bond donors (Lipinski definition) is 3. The van der Waals surface area contributed by atoms with Gasteiger partial charge >= 0.3 is 6.09 Å². The highest BCUT2D eigenvalue weighted by Gasteiger charge is 2.11. The van der Waals surface area contributed by atoms with Crippen molar-refractivity contribution < 1.29 is 15.0 Å². The monoisotopic (exact) mass is 264 g/mol. The van der Waals surface area contributed by atoms with E-state index in [0.717, 1.165) is 5.56 Å². The molecule has 0 unspecified atom stereocenters.